The summed E-state index contributed by atoms with van der Waals surface area (Å²) in [6, 6.07) is 0. The fraction of sp³-hybridized carbons (Fsp3) is 0.667. The number of ether oxygens (including phenoxy) is 1. The molecule has 94 valence electrons. The molecule has 0 unspecified atom stereocenters. The maximum atomic E-state index is 6.03. The molecule has 0 radical (unpaired) electrons. The van der Waals surface area contributed by atoms with Crippen LogP contribution < -0.4 is 10.6 Å². The minimum atomic E-state index is -0.209. The molecule has 1 aromatic rings. The van der Waals surface area contributed by atoms with Crippen molar-refractivity contribution in [2.45, 2.75) is 38.9 Å². The second-order valence-corrected chi connectivity index (χ2v) is 5.78. The third-order valence-corrected chi connectivity index (χ3v) is 2.71. The Morgan fingerprint density at radius 2 is 1.82 bits per heavy atom. The van der Waals surface area contributed by atoms with Gasteiger partial charge in [-0.05, 0) is 27.7 Å². The van der Waals surface area contributed by atoms with Gasteiger partial charge in [-0.15, -0.1) is 0 Å². The summed E-state index contributed by atoms with van der Waals surface area (Å²) < 4.78 is 6.03. The highest BCUT2D eigenvalue weighted by Crippen LogP contribution is 2.32. The largest absolute Gasteiger partial charge is 0.394 e. The molecule has 0 spiro atoms. The Balaban J connectivity index is 2.30. The molecule has 1 aromatic heterocycles. The number of anilines is 2. The maximum Gasteiger partial charge on any atom is 0.155 e. The van der Waals surface area contributed by atoms with Gasteiger partial charge in [-0.1, -0.05) is 0 Å². The number of rotatable bonds is 1. The highest BCUT2D eigenvalue weighted by atomic mass is 16.5. The van der Waals surface area contributed by atoms with Crippen LogP contribution in [0.3, 0.4) is 0 Å². The van der Waals surface area contributed by atoms with E-state index in [9.17, 15) is 0 Å². The minimum Gasteiger partial charge on any atom is -0.394 e. The first-order valence-electron chi connectivity index (χ1n) is 5.80. The van der Waals surface area contributed by atoms with E-state index in [-0.39, 0.29) is 11.2 Å². The van der Waals surface area contributed by atoms with Crippen molar-refractivity contribution in [3.8, 4) is 0 Å². The van der Waals surface area contributed by atoms with Gasteiger partial charge < -0.3 is 15.4 Å². The van der Waals surface area contributed by atoms with Gasteiger partial charge >= 0.3 is 0 Å². The Morgan fingerprint density at radius 1 is 1.24 bits per heavy atom. The number of hydrogen-bond donors (Lipinski definition) is 1. The predicted molar refractivity (Wildman–Crippen MR) is 67.9 cm³/mol. The van der Waals surface area contributed by atoms with Crippen LogP contribution in [0, 0.1) is 0 Å². The van der Waals surface area contributed by atoms with Gasteiger partial charge in [0.1, 0.15) is 6.33 Å². The number of hydrogen-bond acceptors (Lipinski definition) is 5. The standard InChI is InChI=1S/C12H20N4O/c1-11(2)6-16(7-12(3,4)17-11)10-9(13)5-14-8-15-10/h5,8H,6-7,13H2,1-4H3. The average molecular weight is 236 g/mol. The Kier molecular flexibility index (Phi) is 2.73. The molecule has 0 aliphatic carbocycles. The second-order valence-electron chi connectivity index (χ2n) is 5.78. The molecule has 17 heavy (non-hydrogen) atoms. The molecule has 5 heteroatoms. The second kappa shape index (κ2) is 3.84. The van der Waals surface area contributed by atoms with E-state index in [2.05, 4.69) is 42.6 Å². The van der Waals surface area contributed by atoms with E-state index in [1.807, 2.05) is 0 Å². The first-order chi connectivity index (χ1) is 7.79. The van der Waals surface area contributed by atoms with E-state index in [4.69, 9.17) is 10.5 Å². The highest BCUT2D eigenvalue weighted by Gasteiger charge is 2.39. The zero-order chi connectivity index (χ0) is 12.7. The van der Waals surface area contributed by atoms with Gasteiger partial charge in [-0.25, -0.2) is 9.97 Å². The smallest absolute Gasteiger partial charge is 0.155 e. The van der Waals surface area contributed by atoms with Crippen LogP contribution in [-0.2, 0) is 4.74 Å². The van der Waals surface area contributed by atoms with Crippen molar-refractivity contribution in [1.82, 2.24) is 9.97 Å². The van der Waals surface area contributed by atoms with E-state index in [0.29, 0.717) is 5.69 Å². The third kappa shape index (κ3) is 2.66. The summed E-state index contributed by atoms with van der Waals surface area (Å²) in [4.78, 5) is 10.4. The topological polar surface area (TPSA) is 64.3 Å². The van der Waals surface area contributed by atoms with Gasteiger partial charge in [0.25, 0.3) is 0 Å². The van der Waals surface area contributed by atoms with Crippen LogP contribution in [0.4, 0.5) is 11.5 Å². The van der Waals surface area contributed by atoms with Crippen molar-refractivity contribution < 1.29 is 4.74 Å². The normalized spacial score (nSPS) is 22.5. The van der Waals surface area contributed by atoms with E-state index in [1.165, 1.54) is 6.33 Å². The van der Waals surface area contributed by atoms with E-state index >= 15 is 0 Å². The Hall–Kier alpha value is -1.36. The summed E-state index contributed by atoms with van der Waals surface area (Å²) in [5, 5.41) is 0. The molecule has 1 saturated heterocycles. The molecule has 1 aliphatic rings. The number of aromatic nitrogens is 2. The summed E-state index contributed by atoms with van der Waals surface area (Å²) in [5.41, 5.74) is 6.11. The lowest BCUT2D eigenvalue weighted by Gasteiger charge is -2.47. The monoisotopic (exact) mass is 236 g/mol. The van der Waals surface area contributed by atoms with Crippen LogP contribution in [0.5, 0.6) is 0 Å². The summed E-state index contributed by atoms with van der Waals surface area (Å²) >= 11 is 0. The molecular formula is C12H20N4O. The van der Waals surface area contributed by atoms with Crippen LogP contribution in [0.25, 0.3) is 0 Å². The van der Waals surface area contributed by atoms with Gasteiger partial charge in [-0.2, -0.15) is 0 Å². The first kappa shape index (κ1) is 12.1. The van der Waals surface area contributed by atoms with Crippen LogP contribution >= 0.6 is 0 Å². The molecule has 2 heterocycles. The summed E-state index contributed by atoms with van der Waals surface area (Å²) in [6.07, 6.45) is 3.17. The van der Waals surface area contributed by atoms with E-state index in [1.54, 1.807) is 6.20 Å². The molecular weight excluding hydrogens is 216 g/mol. The molecule has 0 atom stereocenters. The third-order valence-electron chi connectivity index (χ3n) is 2.71. The van der Waals surface area contributed by atoms with Gasteiger partial charge in [0.15, 0.2) is 5.82 Å². The minimum absolute atomic E-state index is 0.209. The van der Waals surface area contributed by atoms with Crippen molar-refractivity contribution in [3.05, 3.63) is 12.5 Å². The quantitative estimate of drug-likeness (QED) is 0.799. The van der Waals surface area contributed by atoms with Crippen molar-refractivity contribution in [3.63, 3.8) is 0 Å². The summed E-state index contributed by atoms with van der Waals surface area (Å²) in [5.74, 6) is 0.796. The fourth-order valence-corrected chi connectivity index (χ4v) is 2.54. The van der Waals surface area contributed by atoms with Crippen LogP contribution in [0.2, 0.25) is 0 Å². The Bertz CT molecular complexity index is 401. The molecule has 0 saturated carbocycles. The molecule has 0 bridgehead atoms. The highest BCUT2D eigenvalue weighted by molar-refractivity contribution is 5.61. The van der Waals surface area contributed by atoms with Gasteiger partial charge in [0, 0.05) is 13.1 Å². The first-order valence-corrected chi connectivity index (χ1v) is 5.80. The van der Waals surface area contributed by atoms with Crippen molar-refractivity contribution >= 4 is 11.5 Å². The molecule has 5 nitrogen and oxygen atoms in total. The molecule has 1 fully saturated rings. The molecule has 2 rings (SSSR count). The van der Waals surface area contributed by atoms with Gasteiger partial charge in [-0.3, -0.25) is 0 Å². The summed E-state index contributed by atoms with van der Waals surface area (Å²) in [6.45, 7) is 9.88. The van der Waals surface area contributed by atoms with Gasteiger partial charge in [0.2, 0.25) is 0 Å². The molecule has 2 N–H and O–H groups in total. The fourth-order valence-electron chi connectivity index (χ4n) is 2.54. The SMILES string of the molecule is CC1(C)CN(c2ncncc2N)CC(C)(C)O1. The molecule has 0 aromatic carbocycles. The lowest BCUT2D eigenvalue weighted by molar-refractivity contribution is -0.133. The van der Waals surface area contributed by atoms with Crippen LogP contribution in [0.15, 0.2) is 12.5 Å². The van der Waals surface area contributed by atoms with Crippen LogP contribution in [0.1, 0.15) is 27.7 Å². The predicted octanol–water partition coefficient (Wildman–Crippen LogP) is 1.45. The maximum absolute atomic E-state index is 6.03. The number of nitrogens with two attached hydrogens (primary N) is 1. The van der Waals surface area contributed by atoms with Gasteiger partial charge in [0.05, 0.1) is 23.1 Å². The zero-order valence-electron chi connectivity index (χ0n) is 10.9. The lowest BCUT2D eigenvalue weighted by Crippen LogP contribution is -2.57. The van der Waals surface area contributed by atoms with E-state index < -0.39 is 0 Å². The van der Waals surface area contributed by atoms with Crippen LogP contribution in [-0.4, -0.2) is 34.3 Å². The Labute approximate surface area is 102 Å². The zero-order valence-corrected chi connectivity index (χ0v) is 10.9. The number of nitrogens with zero attached hydrogens (tertiary/aromatic N) is 3. The number of nitrogen functional groups attached to an aromatic ring is 1. The number of morpholine rings is 1. The van der Waals surface area contributed by atoms with Crippen molar-refractivity contribution in [1.29, 1.82) is 0 Å². The lowest BCUT2D eigenvalue weighted by atomic mass is 9.99. The molecule has 1 aliphatic heterocycles. The average Bonchev–Trinajstić information content (AvgIpc) is 2.13. The van der Waals surface area contributed by atoms with E-state index in [0.717, 1.165) is 18.9 Å². The van der Waals surface area contributed by atoms with Crippen molar-refractivity contribution in [2.75, 3.05) is 23.7 Å². The Morgan fingerprint density at radius 3 is 2.35 bits per heavy atom. The summed E-state index contributed by atoms with van der Waals surface area (Å²) in [7, 11) is 0. The van der Waals surface area contributed by atoms with Crippen molar-refractivity contribution in [2.24, 2.45) is 0 Å². The molecule has 0 amide bonds.